The van der Waals surface area contributed by atoms with Crippen LogP contribution in [0.1, 0.15) is 10.4 Å². The van der Waals surface area contributed by atoms with Crippen molar-refractivity contribution in [3.05, 3.63) is 29.8 Å². The molecule has 0 spiro atoms. The third kappa shape index (κ3) is 3.41. The normalized spacial score (nSPS) is 9.25. The molecule has 0 saturated heterocycles. The molecule has 1 aromatic rings. The van der Waals surface area contributed by atoms with Crippen molar-refractivity contribution in [2.24, 2.45) is 5.73 Å². The van der Waals surface area contributed by atoms with Crippen LogP contribution < -0.4 is 16.4 Å². The van der Waals surface area contributed by atoms with Crippen molar-refractivity contribution in [3.63, 3.8) is 0 Å². The van der Waals surface area contributed by atoms with Crippen LogP contribution in [0.15, 0.2) is 24.3 Å². The molecule has 1 rings (SSSR count). The van der Waals surface area contributed by atoms with Crippen LogP contribution in [0.4, 0.5) is 5.69 Å². The van der Waals surface area contributed by atoms with Gasteiger partial charge in [-0.2, -0.15) is 0 Å². The van der Waals surface area contributed by atoms with Crippen molar-refractivity contribution in [2.75, 3.05) is 11.9 Å². The largest absolute Gasteiger partial charge is 0.370 e. The highest BCUT2D eigenvalue weighted by molar-refractivity contribution is 5.97. The number of amides is 1. The molecule has 0 aliphatic heterocycles. The molecule has 0 heterocycles. The Bertz CT molecular complexity index is 417. The highest BCUT2D eigenvalue weighted by atomic mass is 16.2. The van der Waals surface area contributed by atoms with Crippen molar-refractivity contribution < 1.29 is 9.59 Å². The highest BCUT2D eigenvalue weighted by Crippen LogP contribution is 2.09. The summed E-state index contributed by atoms with van der Waals surface area (Å²) in [6, 6.07) is 6.43. The van der Waals surface area contributed by atoms with Gasteiger partial charge in [0, 0.05) is 11.3 Å². The fourth-order valence-electron chi connectivity index (χ4n) is 1.11. The third-order valence-corrected chi connectivity index (χ3v) is 1.72. The van der Waals surface area contributed by atoms with Crippen molar-refractivity contribution in [3.8, 4) is 0 Å². The first kappa shape index (κ1) is 11.7. The summed E-state index contributed by atoms with van der Waals surface area (Å²) in [5.41, 5.74) is 6.06. The van der Waals surface area contributed by atoms with Gasteiger partial charge < -0.3 is 16.4 Å². The summed E-state index contributed by atoms with van der Waals surface area (Å²) >= 11 is 0. The van der Waals surface area contributed by atoms with E-state index < -0.39 is 0 Å². The van der Waals surface area contributed by atoms with Gasteiger partial charge in [-0.3, -0.25) is 15.0 Å². The molecule has 16 heavy (non-hydrogen) atoms. The molecule has 1 aromatic carbocycles. The second kappa shape index (κ2) is 5.50. The van der Waals surface area contributed by atoms with Crippen LogP contribution in [0, 0.1) is 5.41 Å². The first-order valence-electron chi connectivity index (χ1n) is 4.48. The number of guanidine groups is 1. The fourth-order valence-corrected chi connectivity index (χ4v) is 1.11. The molecule has 0 fully saturated rings. The van der Waals surface area contributed by atoms with Gasteiger partial charge in [0.05, 0.1) is 6.54 Å². The van der Waals surface area contributed by atoms with Crippen LogP contribution in [0.2, 0.25) is 0 Å². The van der Waals surface area contributed by atoms with Crippen molar-refractivity contribution in [1.29, 1.82) is 5.41 Å². The maximum absolute atomic E-state index is 11.4. The van der Waals surface area contributed by atoms with Gasteiger partial charge >= 0.3 is 0 Å². The maximum Gasteiger partial charge on any atom is 0.251 e. The Kier molecular flexibility index (Phi) is 4.02. The fraction of sp³-hybridized carbons (Fsp3) is 0.100. The second-order valence-corrected chi connectivity index (χ2v) is 2.95. The summed E-state index contributed by atoms with van der Waals surface area (Å²) in [6.45, 7) is -0.150. The Morgan fingerprint density at radius 1 is 1.50 bits per heavy atom. The SMILES string of the molecule is N=C(N)Nc1cccc(C(=O)NC[C]=O)c1. The van der Waals surface area contributed by atoms with E-state index in [9.17, 15) is 9.59 Å². The lowest BCUT2D eigenvalue weighted by Gasteiger charge is -2.06. The molecule has 0 saturated carbocycles. The average molecular weight is 219 g/mol. The van der Waals surface area contributed by atoms with Crippen LogP contribution in [0.5, 0.6) is 0 Å². The zero-order chi connectivity index (χ0) is 12.0. The van der Waals surface area contributed by atoms with Crippen molar-refractivity contribution >= 4 is 23.8 Å². The summed E-state index contributed by atoms with van der Waals surface area (Å²) < 4.78 is 0. The number of carbonyl (C=O) groups excluding carboxylic acids is 2. The zero-order valence-corrected chi connectivity index (χ0v) is 8.41. The lowest BCUT2D eigenvalue weighted by atomic mass is 10.2. The standard InChI is InChI=1S/C10H11N4O2/c11-10(12)14-8-3-1-2-7(6-8)9(16)13-4-5-15/h1-3,6H,4H2,(H,13,16)(H4,11,12,14). The van der Waals surface area contributed by atoms with Crippen LogP contribution in [-0.2, 0) is 4.79 Å². The summed E-state index contributed by atoms with van der Waals surface area (Å²) in [6.07, 6.45) is 1.56. The summed E-state index contributed by atoms with van der Waals surface area (Å²) in [5, 5.41) is 11.9. The zero-order valence-electron chi connectivity index (χ0n) is 8.41. The molecule has 5 N–H and O–H groups in total. The van der Waals surface area contributed by atoms with Gasteiger partial charge in [-0.1, -0.05) is 6.07 Å². The van der Waals surface area contributed by atoms with Gasteiger partial charge in [0.1, 0.15) is 0 Å². The van der Waals surface area contributed by atoms with E-state index in [4.69, 9.17) is 11.1 Å². The predicted octanol–water partition coefficient (Wildman–Crippen LogP) is -0.169. The van der Waals surface area contributed by atoms with E-state index in [0.717, 1.165) is 0 Å². The van der Waals surface area contributed by atoms with Gasteiger partial charge in [-0.05, 0) is 18.2 Å². The van der Waals surface area contributed by atoms with Gasteiger partial charge in [-0.25, -0.2) is 0 Å². The van der Waals surface area contributed by atoms with Crippen molar-refractivity contribution in [2.45, 2.75) is 0 Å². The lowest BCUT2D eigenvalue weighted by molar-refractivity contribution is 0.0959. The van der Waals surface area contributed by atoms with E-state index in [1.807, 2.05) is 0 Å². The first-order valence-corrected chi connectivity index (χ1v) is 4.48. The number of benzene rings is 1. The minimum Gasteiger partial charge on any atom is -0.370 e. The summed E-state index contributed by atoms with van der Waals surface area (Å²) in [5.74, 6) is -0.589. The van der Waals surface area contributed by atoms with Crippen LogP contribution >= 0.6 is 0 Å². The minimum atomic E-state index is -0.379. The second-order valence-electron chi connectivity index (χ2n) is 2.95. The number of rotatable bonds is 4. The number of anilines is 1. The van der Waals surface area contributed by atoms with Crippen LogP contribution in [-0.4, -0.2) is 24.7 Å². The molecule has 0 aliphatic carbocycles. The Morgan fingerprint density at radius 3 is 2.88 bits per heavy atom. The molecule has 0 aliphatic rings. The molecule has 83 valence electrons. The Hall–Kier alpha value is -2.37. The Balaban J connectivity index is 2.77. The van der Waals surface area contributed by atoms with Gasteiger partial charge in [-0.15, -0.1) is 0 Å². The van der Waals surface area contributed by atoms with Crippen molar-refractivity contribution in [1.82, 2.24) is 5.32 Å². The maximum atomic E-state index is 11.4. The molecule has 0 unspecified atom stereocenters. The molecule has 1 amide bonds. The van der Waals surface area contributed by atoms with E-state index in [2.05, 4.69) is 10.6 Å². The van der Waals surface area contributed by atoms with E-state index in [1.54, 1.807) is 24.5 Å². The quantitative estimate of drug-likeness (QED) is 0.416. The lowest BCUT2D eigenvalue weighted by Crippen LogP contribution is -2.25. The first-order chi connectivity index (χ1) is 7.63. The highest BCUT2D eigenvalue weighted by Gasteiger charge is 2.05. The van der Waals surface area contributed by atoms with E-state index in [0.29, 0.717) is 11.3 Å². The molecular weight excluding hydrogens is 208 g/mol. The molecule has 0 bridgehead atoms. The molecule has 0 atom stereocenters. The Labute approximate surface area is 92.3 Å². The van der Waals surface area contributed by atoms with Crippen LogP contribution in [0.25, 0.3) is 0 Å². The number of carbonyl (C=O) groups is 1. The third-order valence-electron chi connectivity index (χ3n) is 1.72. The number of hydrogen-bond donors (Lipinski definition) is 4. The van der Waals surface area contributed by atoms with Gasteiger partial charge in [0.2, 0.25) is 6.29 Å². The molecule has 6 heteroatoms. The van der Waals surface area contributed by atoms with Gasteiger partial charge in [0.15, 0.2) is 5.96 Å². The predicted molar refractivity (Wildman–Crippen MR) is 60.0 cm³/mol. The number of hydrogen-bond acceptors (Lipinski definition) is 3. The molecule has 1 radical (unpaired) electrons. The number of nitrogens with one attached hydrogen (secondary N) is 3. The average Bonchev–Trinajstić information content (AvgIpc) is 2.25. The summed E-state index contributed by atoms with van der Waals surface area (Å²) in [7, 11) is 0. The minimum absolute atomic E-state index is 0.150. The summed E-state index contributed by atoms with van der Waals surface area (Å²) in [4.78, 5) is 21.4. The van der Waals surface area contributed by atoms with E-state index >= 15 is 0 Å². The monoisotopic (exact) mass is 219 g/mol. The topological polar surface area (TPSA) is 108 Å². The van der Waals surface area contributed by atoms with E-state index in [1.165, 1.54) is 6.07 Å². The smallest absolute Gasteiger partial charge is 0.251 e. The van der Waals surface area contributed by atoms with Gasteiger partial charge in [0.25, 0.3) is 5.91 Å². The number of nitrogens with two attached hydrogens (primary N) is 1. The molecule has 6 nitrogen and oxygen atoms in total. The molecule has 0 aromatic heterocycles. The van der Waals surface area contributed by atoms with E-state index in [-0.39, 0.29) is 18.4 Å². The van der Waals surface area contributed by atoms with Crippen LogP contribution in [0.3, 0.4) is 0 Å². The molecular formula is C10H11N4O2. The Morgan fingerprint density at radius 2 is 2.25 bits per heavy atom.